The van der Waals surface area contributed by atoms with E-state index < -0.39 is 0 Å². The second-order valence-corrected chi connectivity index (χ2v) is 4.62. The van der Waals surface area contributed by atoms with Gasteiger partial charge >= 0.3 is 0 Å². The lowest BCUT2D eigenvalue weighted by molar-refractivity contribution is 0.440. The van der Waals surface area contributed by atoms with Crippen molar-refractivity contribution in [2.45, 2.75) is 13.0 Å². The van der Waals surface area contributed by atoms with Crippen LogP contribution in [0.3, 0.4) is 0 Å². The Morgan fingerprint density at radius 3 is 2.35 bits per heavy atom. The fraction of sp³-hybridized carbons (Fsp3) is 0.250. The van der Waals surface area contributed by atoms with E-state index in [-0.39, 0.29) is 17.5 Å². The largest absolute Gasteiger partial charge is 0.508 e. The number of phenols is 2. The molecule has 4 heteroatoms. The van der Waals surface area contributed by atoms with Gasteiger partial charge in [-0.25, -0.2) is 0 Å². The van der Waals surface area contributed by atoms with Gasteiger partial charge in [0.25, 0.3) is 0 Å². The lowest BCUT2D eigenvalue weighted by Crippen LogP contribution is -2.33. The molecule has 0 saturated carbocycles. The van der Waals surface area contributed by atoms with Gasteiger partial charge < -0.3 is 20.8 Å². The van der Waals surface area contributed by atoms with Gasteiger partial charge in [0.1, 0.15) is 11.5 Å². The predicted octanol–water partition coefficient (Wildman–Crippen LogP) is 2.62. The molecule has 4 N–H and O–H groups in total. The van der Waals surface area contributed by atoms with Crippen LogP contribution in [0.4, 0.5) is 5.69 Å². The SMILES string of the molecule is CCN(c1ccccc1)C(CN)c1ccc(O)cc1O. The van der Waals surface area contributed by atoms with Crippen LogP contribution in [0.1, 0.15) is 18.5 Å². The number of anilines is 1. The van der Waals surface area contributed by atoms with E-state index in [2.05, 4.69) is 4.90 Å². The van der Waals surface area contributed by atoms with E-state index in [4.69, 9.17) is 5.73 Å². The third kappa shape index (κ3) is 2.86. The monoisotopic (exact) mass is 272 g/mol. The summed E-state index contributed by atoms with van der Waals surface area (Å²) >= 11 is 0. The van der Waals surface area contributed by atoms with Crippen molar-refractivity contribution in [2.75, 3.05) is 18.0 Å². The van der Waals surface area contributed by atoms with E-state index in [1.165, 1.54) is 6.07 Å². The van der Waals surface area contributed by atoms with Crippen molar-refractivity contribution in [3.05, 3.63) is 54.1 Å². The molecule has 0 amide bonds. The van der Waals surface area contributed by atoms with E-state index >= 15 is 0 Å². The summed E-state index contributed by atoms with van der Waals surface area (Å²) in [5, 5.41) is 19.4. The number of hydrogen-bond acceptors (Lipinski definition) is 4. The smallest absolute Gasteiger partial charge is 0.124 e. The highest BCUT2D eigenvalue weighted by atomic mass is 16.3. The number of likely N-dealkylation sites (N-methyl/N-ethyl adjacent to an activating group) is 1. The lowest BCUT2D eigenvalue weighted by atomic mass is 10.0. The first-order valence-electron chi connectivity index (χ1n) is 6.71. The first-order chi connectivity index (χ1) is 9.67. The Morgan fingerprint density at radius 2 is 1.80 bits per heavy atom. The standard InChI is InChI=1S/C16H20N2O2/c1-2-18(12-6-4-3-5-7-12)15(11-17)14-9-8-13(19)10-16(14)20/h3-10,15,19-20H,2,11,17H2,1H3. The molecule has 0 saturated heterocycles. The summed E-state index contributed by atoms with van der Waals surface area (Å²) in [6.45, 7) is 3.19. The molecule has 0 aliphatic rings. The molecule has 0 aliphatic heterocycles. The fourth-order valence-electron chi connectivity index (χ4n) is 2.44. The van der Waals surface area contributed by atoms with Crippen LogP contribution in [0.2, 0.25) is 0 Å². The first kappa shape index (κ1) is 14.2. The zero-order chi connectivity index (χ0) is 14.5. The van der Waals surface area contributed by atoms with Crippen molar-refractivity contribution in [1.82, 2.24) is 0 Å². The molecule has 0 radical (unpaired) electrons. The van der Waals surface area contributed by atoms with Crippen molar-refractivity contribution in [1.29, 1.82) is 0 Å². The van der Waals surface area contributed by atoms with E-state index in [0.717, 1.165) is 17.8 Å². The van der Waals surface area contributed by atoms with Gasteiger partial charge in [-0.15, -0.1) is 0 Å². The Balaban J connectivity index is 2.39. The van der Waals surface area contributed by atoms with Gasteiger partial charge in [-0.3, -0.25) is 0 Å². The maximum Gasteiger partial charge on any atom is 0.124 e. The summed E-state index contributed by atoms with van der Waals surface area (Å²) in [5.74, 6) is 0.111. The van der Waals surface area contributed by atoms with Crippen LogP contribution in [-0.2, 0) is 0 Å². The number of nitrogens with two attached hydrogens (primary N) is 1. The summed E-state index contributed by atoms with van der Waals surface area (Å²) in [5.41, 5.74) is 7.68. The Kier molecular flexibility index (Phi) is 4.48. The van der Waals surface area contributed by atoms with Gasteiger partial charge in [0.2, 0.25) is 0 Å². The van der Waals surface area contributed by atoms with Crippen molar-refractivity contribution in [2.24, 2.45) is 5.73 Å². The summed E-state index contributed by atoms with van der Waals surface area (Å²) in [6, 6.07) is 14.4. The van der Waals surface area contributed by atoms with Crippen LogP contribution < -0.4 is 10.6 Å². The van der Waals surface area contributed by atoms with Gasteiger partial charge in [0.15, 0.2) is 0 Å². The molecule has 20 heavy (non-hydrogen) atoms. The van der Waals surface area contributed by atoms with Crippen molar-refractivity contribution in [3.63, 3.8) is 0 Å². The molecule has 2 rings (SSSR count). The molecule has 2 aromatic rings. The quantitative estimate of drug-likeness (QED) is 0.782. The number of hydrogen-bond donors (Lipinski definition) is 3. The van der Waals surface area contributed by atoms with Crippen molar-refractivity contribution < 1.29 is 10.2 Å². The Bertz CT molecular complexity index is 558. The summed E-state index contributed by atoms with van der Waals surface area (Å²) in [6.07, 6.45) is 0. The molecule has 1 atom stereocenters. The average Bonchev–Trinajstić information content (AvgIpc) is 2.46. The van der Waals surface area contributed by atoms with Crippen LogP contribution in [0.5, 0.6) is 11.5 Å². The second kappa shape index (κ2) is 6.30. The van der Waals surface area contributed by atoms with Crippen LogP contribution in [-0.4, -0.2) is 23.3 Å². The highest BCUT2D eigenvalue weighted by molar-refractivity contribution is 5.51. The summed E-state index contributed by atoms with van der Waals surface area (Å²) < 4.78 is 0. The maximum absolute atomic E-state index is 10.0. The minimum atomic E-state index is -0.136. The average molecular weight is 272 g/mol. The molecule has 0 fully saturated rings. The molecule has 1 unspecified atom stereocenters. The van der Waals surface area contributed by atoms with Crippen LogP contribution in [0.25, 0.3) is 0 Å². The first-order valence-corrected chi connectivity index (χ1v) is 6.71. The molecule has 0 spiro atoms. The van der Waals surface area contributed by atoms with Crippen molar-refractivity contribution >= 4 is 5.69 Å². The molecule has 4 nitrogen and oxygen atoms in total. The molecular formula is C16H20N2O2. The van der Waals surface area contributed by atoms with Gasteiger partial charge in [0.05, 0.1) is 6.04 Å². The number of nitrogens with zero attached hydrogens (tertiary/aromatic N) is 1. The van der Waals surface area contributed by atoms with Gasteiger partial charge in [-0.05, 0) is 31.2 Å². The second-order valence-electron chi connectivity index (χ2n) is 4.62. The van der Waals surface area contributed by atoms with E-state index in [1.807, 2.05) is 37.3 Å². The number of rotatable bonds is 5. The molecule has 0 aromatic heterocycles. The molecule has 2 aromatic carbocycles. The number of para-hydroxylation sites is 1. The highest BCUT2D eigenvalue weighted by Gasteiger charge is 2.21. The van der Waals surface area contributed by atoms with Gasteiger partial charge in [0, 0.05) is 30.4 Å². The third-order valence-corrected chi connectivity index (χ3v) is 3.40. The molecule has 0 heterocycles. The Morgan fingerprint density at radius 1 is 1.10 bits per heavy atom. The zero-order valence-electron chi connectivity index (χ0n) is 11.5. The van der Waals surface area contributed by atoms with Crippen LogP contribution in [0, 0.1) is 0 Å². The number of phenolic OH excluding ortho intramolecular Hbond substituents is 2. The van der Waals surface area contributed by atoms with E-state index in [1.54, 1.807) is 12.1 Å². The van der Waals surface area contributed by atoms with Crippen LogP contribution in [0.15, 0.2) is 48.5 Å². The van der Waals surface area contributed by atoms with Gasteiger partial charge in [-0.1, -0.05) is 18.2 Å². The van der Waals surface area contributed by atoms with Crippen molar-refractivity contribution in [3.8, 4) is 11.5 Å². The Labute approximate surface area is 119 Å². The highest BCUT2D eigenvalue weighted by Crippen LogP contribution is 2.33. The predicted molar refractivity (Wildman–Crippen MR) is 81.0 cm³/mol. The molecule has 0 aliphatic carbocycles. The number of aromatic hydroxyl groups is 2. The molecular weight excluding hydrogens is 252 g/mol. The zero-order valence-corrected chi connectivity index (χ0v) is 11.5. The normalized spacial score (nSPS) is 12.1. The topological polar surface area (TPSA) is 69.7 Å². The third-order valence-electron chi connectivity index (χ3n) is 3.40. The molecule has 0 bridgehead atoms. The van der Waals surface area contributed by atoms with Crippen LogP contribution >= 0.6 is 0 Å². The summed E-state index contributed by atoms with van der Waals surface area (Å²) in [7, 11) is 0. The minimum absolute atomic E-state index is 0.0461. The summed E-state index contributed by atoms with van der Waals surface area (Å²) in [4.78, 5) is 2.13. The van der Waals surface area contributed by atoms with E-state index in [0.29, 0.717) is 6.54 Å². The van der Waals surface area contributed by atoms with Gasteiger partial charge in [-0.2, -0.15) is 0 Å². The maximum atomic E-state index is 10.0. The number of benzene rings is 2. The minimum Gasteiger partial charge on any atom is -0.508 e. The Hall–Kier alpha value is -2.20. The fourth-order valence-corrected chi connectivity index (χ4v) is 2.44. The van der Waals surface area contributed by atoms with E-state index in [9.17, 15) is 10.2 Å². The molecule has 106 valence electrons. The lowest BCUT2D eigenvalue weighted by Gasteiger charge is -2.32.